The summed E-state index contributed by atoms with van der Waals surface area (Å²) in [6, 6.07) is 12.9. The highest BCUT2D eigenvalue weighted by Gasteiger charge is 2.31. The predicted molar refractivity (Wildman–Crippen MR) is 145 cm³/mol. The molecule has 0 radical (unpaired) electrons. The molecule has 0 spiro atoms. The number of halogens is 6. The van der Waals surface area contributed by atoms with E-state index in [-0.39, 0.29) is 32.2 Å². The van der Waals surface area contributed by atoms with Gasteiger partial charge in [-0.15, -0.1) is 13.2 Å². The first kappa shape index (κ1) is 33.2. The number of carbonyl (C=O) groups is 2. The summed E-state index contributed by atoms with van der Waals surface area (Å²) in [5.41, 5.74) is 1.12. The number of anilines is 1. The van der Waals surface area contributed by atoms with Crippen LogP contribution in [0.2, 0.25) is 0 Å². The molecule has 0 aromatic heterocycles. The van der Waals surface area contributed by atoms with Gasteiger partial charge in [-0.05, 0) is 47.7 Å². The highest BCUT2D eigenvalue weighted by atomic mass is 19.4. The minimum Gasteiger partial charge on any atom is -0.481 e. The van der Waals surface area contributed by atoms with Gasteiger partial charge in [-0.1, -0.05) is 37.6 Å². The lowest BCUT2D eigenvalue weighted by molar-refractivity contribution is -0.274. The third kappa shape index (κ3) is 10.2. The summed E-state index contributed by atoms with van der Waals surface area (Å²) in [5.74, 6) is -6.00. The van der Waals surface area contributed by atoms with Crippen molar-refractivity contribution in [1.29, 1.82) is 0 Å². The number of hydrogen-bond acceptors (Lipinski definition) is 5. The van der Waals surface area contributed by atoms with Crippen LogP contribution in [0.25, 0.3) is 0 Å². The number of alkyl halides is 3. The van der Waals surface area contributed by atoms with Crippen molar-refractivity contribution in [2.75, 3.05) is 25.2 Å². The Bertz CT molecular complexity index is 1340. The van der Waals surface area contributed by atoms with Gasteiger partial charge in [0.15, 0.2) is 11.6 Å². The SMILES string of the molecule is CCC[C@@H](c1ccc(C(=O)NCCC(=O)O)cc1)[C@H](COCNc1c(F)cc(F)cc1F)c1ccc(OC(F)(F)F)cc1. The lowest BCUT2D eigenvalue weighted by atomic mass is 9.79. The van der Waals surface area contributed by atoms with Crippen LogP contribution >= 0.6 is 0 Å². The molecule has 13 heteroatoms. The van der Waals surface area contributed by atoms with Crippen molar-refractivity contribution in [3.8, 4) is 5.75 Å². The molecule has 3 N–H and O–H groups in total. The fourth-order valence-corrected chi connectivity index (χ4v) is 4.56. The molecule has 3 rings (SSSR count). The van der Waals surface area contributed by atoms with Gasteiger partial charge < -0.3 is 25.2 Å². The number of carboxylic acids is 1. The second-order valence-corrected chi connectivity index (χ2v) is 9.58. The van der Waals surface area contributed by atoms with Crippen molar-refractivity contribution in [2.24, 2.45) is 0 Å². The molecule has 7 nitrogen and oxygen atoms in total. The summed E-state index contributed by atoms with van der Waals surface area (Å²) < 4.78 is 89.0. The number of carboxylic acid groups (broad SMARTS) is 1. The third-order valence-electron chi connectivity index (χ3n) is 6.51. The zero-order valence-electron chi connectivity index (χ0n) is 23.0. The second kappa shape index (κ2) is 15.3. The molecule has 0 unspecified atom stereocenters. The highest BCUT2D eigenvalue weighted by molar-refractivity contribution is 5.94. The summed E-state index contributed by atoms with van der Waals surface area (Å²) in [4.78, 5) is 23.1. The van der Waals surface area contributed by atoms with Crippen LogP contribution < -0.4 is 15.4 Å². The largest absolute Gasteiger partial charge is 0.573 e. The molecule has 0 heterocycles. The van der Waals surface area contributed by atoms with Crippen LogP contribution in [0.3, 0.4) is 0 Å². The van der Waals surface area contributed by atoms with Crippen molar-refractivity contribution in [3.63, 3.8) is 0 Å². The standard InChI is InChI=1S/C30H30F6N2O5/c1-2-3-23(18-4-6-20(7-5-18)29(41)37-13-12-27(39)40)24(19-8-10-22(11-9-19)43-30(34,35)36)16-42-17-38-28-25(32)14-21(31)15-26(28)33/h4-11,14-15,23-24,38H,2-3,12-13,16-17H2,1H3,(H,37,41)(H,39,40)/t23-,24+/m0/s1. The quantitative estimate of drug-likeness (QED) is 0.0976. The van der Waals surface area contributed by atoms with E-state index in [1.165, 1.54) is 24.3 Å². The normalized spacial score (nSPS) is 12.8. The lowest BCUT2D eigenvalue weighted by Crippen LogP contribution is -2.26. The average Bonchev–Trinajstić information content (AvgIpc) is 2.93. The van der Waals surface area contributed by atoms with Crippen LogP contribution in [-0.2, 0) is 9.53 Å². The molecule has 0 bridgehead atoms. The maximum Gasteiger partial charge on any atom is 0.573 e. The van der Waals surface area contributed by atoms with Gasteiger partial charge in [0.2, 0.25) is 0 Å². The van der Waals surface area contributed by atoms with Crippen molar-refractivity contribution < 1.29 is 50.5 Å². The molecule has 3 aromatic carbocycles. The van der Waals surface area contributed by atoms with Gasteiger partial charge in [0.1, 0.15) is 24.0 Å². The van der Waals surface area contributed by atoms with Crippen molar-refractivity contribution >= 4 is 17.6 Å². The van der Waals surface area contributed by atoms with E-state index < -0.39 is 53.0 Å². The monoisotopic (exact) mass is 612 g/mol. The van der Waals surface area contributed by atoms with Crippen LogP contribution in [0.15, 0.2) is 60.7 Å². The first-order chi connectivity index (χ1) is 20.4. The Kier molecular flexibility index (Phi) is 11.8. The van der Waals surface area contributed by atoms with E-state index in [4.69, 9.17) is 9.84 Å². The van der Waals surface area contributed by atoms with Crippen molar-refractivity contribution in [2.45, 2.75) is 44.4 Å². The molecule has 0 aliphatic heterocycles. The fourth-order valence-electron chi connectivity index (χ4n) is 4.56. The highest BCUT2D eigenvalue weighted by Crippen LogP contribution is 2.38. The summed E-state index contributed by atoms with van der Waals surface area (Å²) in [6.07, 6.45) is -3.79. The van der Waals surface area contributed by atoms with E-state index in [1.54, 1.807) is 24.3 Å². The van der Waals surface area contributed by atoms with Crippen LogP contribution in [0, 0.1) is 17.5 Å². The molecule has 0 aliphatic rings. The van der Waals surface area contributed by atoms with Crippen molar-refractivity contribution in [1.82, 2.24) is 5.32 Å². The van der Waals surface area contributed by atoms with E-state index in [1.807, 2.05) is 6.92 Å². The summed E-state index contributed by atoms with van der Waals surface area (Å²) in [5, 5.41) is 13.7. The lowest BCUT2D eigenvalue weighted by Gasteiger charge is -2.28. The molecule has 43 heavy (non-hydrogen) atoms. The smallest absolute Gasteiger partial charge is 0.481 e. The number of ether oxygens (including phenoxy) is 2. The molecule has 232 valence electrons. The maximum absolute atomic E-state index is 14.0. The minimum absolute atomic E-state index is 0.0288. The maximum atomic E-state index is 14.0. The predicted octanol–water partition coefficient (Wildman–Crippen LogP) is 6.96. The number of aliphatic carboxylic acids is 1. The average molecular weight is 613 g/mol. The Morgan fingerprint density at radius 1 is 0.907 bits per heavy atom. The molecule has 1 amide bonds. The van der Waals surface area contributed by atoms with Gasteiger partial charge in [-0.2, -0.15) is 0 Å². The molecule has 0 saturated carbocycles. The van der Waals surface area contributed by atoms with Crippen LogP contribution in [0.5, 0.6) is 5.75 Å². The molecule has 0 aliphatic carbocycles. The van der Waals surface area contributed by atoms with Gasteiger partial charge in [-0.25, -0.2) is 13.2 Å². The topological polar surface area (TPSA) is 96.9 Å². The van der Waals surface area contributed by atoms with Crippen LogP contribution in [0.1, 0.15) is 59.5 Å². The van der Waals surface area contributed by atoms with E-state index in [0.717, 1.165) is 5.56 Å². The zero-order valence-corrected chi connectivity index (χ0v) is 23.0. The van der Waals surface area contributed by atoms with Crippen LogP contribution in [-0.4, -0.2) is 43.2 Å². The Morgan fingerprint density at radius 2 is 1.49 bits per heavy atom. The Morgan fingerprint density at radius 3 is 2.05 bits per heavy atom. The van der Waals surface area contributed by atoms with E-state index >= 15 is 0 Å². The molecule has 0 saturated heterocycles. The summed E-state index contributed by atoms with van der Waals surface area (Å²) in [7, 11) is 0. The Hall–Kier alpha value is -4.26. The van der Waals surface area contributed by atoms with E-state index in [0.29, 0.717) is 36.1 Å². The van der Waals surface area contributed by atoms with E-state index in [2.05, 4.69) is 15.4 Å². The van der Waals surface area contributed by atoms with Gasteiger partial charge in [0, 0.05) is 30.2 Å². The first-order valence-corrected chi connectivity index (χ1v) is 13.3. The van der Waals surface area contributed by atoms with Gasteiger partial charge in [0.25, 0.3) is 5.91 Å². The Labute approximate surface area is 243 Å². The summed E-state index contributed by atoms with van der Waals surface area (Å²) >= 11 is 0. The minimum atomic E-state index is -4.87. The number of carbonyl (C=O) groups excluding carboxylic acids is 1. The molecule has 2 atom stereocenters. The van der Waals surface area contributed by atoms with Gasteiger partial charge in [0.05, 0.1) is 13.0 Å². The molecular formula is C30H30F6N2O5. The molecule has 3 aromatic rings. The Balaban J connectivity index is 1.83. The third-order valence-corrected chi connectivity index (χ3v) is 6.51. The zero-order chi connectivity index (χ0) is 31.6. The number of amides is 1. The van der Waals surface area contributed by atoms with Gasteiger partial charge >= 0.3 is 12.3 Å². The number of nitrogens with one attached hydrogen (secondary N) is 2. The number of rotatable bonds is 15. The fraction of sp³-hybridized carbons (Fsp3) is 0.333. The second-order valence-electron chi connectivity index (χ2n) is 9.58. The molecular weight excluding hydrogens is 582 g/mol. The summed E-state index contributed by atoms with van der Waals surface area (Å²) in [6.45, 7) is 1.51. The first-order valence-electron chi connectivity index (χ1n) is 13.3. The molecule has 0 fully saturated rings. The van der Waals surface area contributed by atoms with E-state index in [9.17, 15) is 35.9 Å². The number of hydrogen-bond donors (Lipinski definition) is 3. The van der Waals surface area contributed by atoms with Crippen LogP contribution in [0.4, 0.5) is 32.0 Å². The van der Waals surface area contributed by atoms with Gasteiger partial charge in [-0.3, -0.25) is 9.59 Å². The number of benzene rings is 3. The van der Waals surface area contributed by atoms with Crippen molar-refractivity contribution in [3.05, 3.63) is 94.8 Å².